The second kappa shape index (κ2) is 6.66. The third-order valence-electron chi connectivity index (χ3n) is 4.02. The maximum atomic E-state index is 10.2. The molecule has 0 saturated carbocycles. The lowest BCUT2D eigenvalue weighted by Crippen LogP contribution is -2.49. The van der Waals surface area contributed by atoms with Crippen molar-refractivity contribution in [3.8, 4) is 0 Å². The maximum Gasteiger partial charge on any atom is 0.0715 e. The number of aromatic nitrogens is 1. The minimum Gasteiger partial charge on any atom is -0.391 e. The van der Waals surface area contributed by atoms with E-state index < -0.39 is 0 Å². The summed E-state index contributed by atoms with van der Waals surface area (Å²) in [5, 5.41) is 10.2. The third kappa shape index (κ3) is 4.54. The number of piperazine rings is 1. The van der Waals surface area contributed by atoms with Crippen molar-refractivity contribution in [2.24, 2.45) is 5.41 Å². The Hall–Kier alpha value is -0.970. The molecule has 2 heterocycles. The first-order valence-electron chi connectivity index (χ1n) is 7.47. The van der Waals surface area contributed by atoms with Crippen molar-refractivity contribution in [2.45, 2.75) is 33.4 Å². The van der Waals surface area contributed by atoms with Crippen LogP contribution in [0.25, 0.3) is 0 Å². The smallest absolute Gasteiger partial charge is 0.0715 e. The first-order chi connectivity index (χ1) is 9.45. The Labute approximate surface area is 122 Å². The van der Waals surface area contributed by atoms with Gasteiger partial charge < -0.3 is 5.11 Å². The Morgan fingerprint density at radius 1 is 1.20 bits per heavy atom. The molecule has 1 aromatic heterocycles. The van der Waals surface area contributed by atoms with Crippen LogP contribution in [-0.2, 0) is 6.54 Å². The van der Waals surface area contributed by atoms with Crippen LogP contribution in [-0.4, -0.2) is 58.7 Å². The van der Waals surface area contributed by atoms with Crippen LogP contribution in [0.3, 0.4) is 0 Å². The average Bonchev–Trinajstić information content (AvgIpc) is 2.41. The molecule has 20 heavy (non-hydrogen) atoms. The van der Waals surface area contributed by atoms with Crippen LogP contribution >= 0.6 is 0 Å². The van der Waals surface area contributed by atoms with Gasteiger partial charge in [-0.15, -0.1) is 0 Å². The number of β-amino-alcohol motifs (C(OH)–C–C–N with tert-alkyl or cyclic N) is 1. The van der Waals surface area contributed by atoms with Gasteiger partial charge in [0.05, 0.1) is 6.10 Å². The lowest BCUT2D eigenvalue weighted by molar-refractivity contribution is 0.0125. The third-order valence-corrected chi connectivity index (χ3v) is 4.02. The molecule has 0 aliphatic carbocycles. The van der Waals surface area contributed by atoms with Gasteiger partial charge in [0, 0.05) is 51.7 Å². The summed E-state index contributed by atoms with van der Waals surface area (Å²) in [6, 6.07) is 4.12. The zero-order valence-electron chi connectivity index (χ0n) is 12.9. The van der Waals surface area contributed by atoms with Crippen molar-refractivity contribution in [1.82, 2.24) is 14.8 Å². The molecule has 1 atom stereocenters. The molecule has 1 unspecified atom stereocenters. The molecule has 1 aliphatic rings. The molecule has 1 fully saturated rings. The molecular weight excluding hydrogens is 250 g/mol. The highest BCUT2D eigenvalue weighted by atomic mass is 16.3. The van der Waals surface area contributed by atoms with Crippen LogP contribution in [0.5, 0.6) is 0 Å². The summed E-state index contributed by atoms with van der Waals surface area (Å²) in [5.41, 5.74) is 1.24. The van der Waals surface area contributed by atoms with Gasteiger partial charge in [0.1, 0.15) is 0 Å². The van der Waals surface area contributed by atoms with E-state index in [0.717, 1.165) is 39.3 Å². The van der Waals surface area contributed by atoms with E-state index >= 15 is 0 Å². The van der Waals surface area contributed by atoms with Gasteiger partial charge >= 0.3 is 0 Å². The van der Waals surface area contributed by atoms with Crippen molar-refractivity contribution >= 4 is 0 Å². The van der Waals surface area contributed by atoms with Gasteiger partial charge in [-0.2, -0.15) is 0 Å². The van der Waals surface area contributed by atoms with Crippen LogP contribution in [0.4, 0.5) is 0 Å². The summed E-state index contributed by atoms with van der Waals surface area (Å²) < 4.78 is 0. The number of aliphatic hydroxyl groups excluding tert-OH is 1. The van der Waals surface area contributed by atoms with E-state index in [2.05, 4.69) is 41.6 Å². The Morgan fingerprint density at radius 2 is 1.85 bits per heavy atom. The van der Waals surface area contributed by atoms with Gasteiger partial charge in [-0.25, -0.2) is 0 Å². The highest BCUT2D eigenvalue weighted by Crippen LogP contribution is 2.20. The molecule has 1 aliphatic heterocycles. The Morgan fingerprint density at radius 3 is 2.40 bits per heavy atom. The first-order valence-corrected chi connectivity index (χ1v) is 7.47. The average molecular weight is 277 g/mol. The number of rotatable bonds is 4. The summed E-state index contributed by atoms with van der Waals surface area (Å²) in [5.74, 6) is 0. The minimum absolute atomic E-state index is 0.0349. The minimum atomic E-state index is -0.257. The van der Waals surface area contributed by atoms with Crippen molar-refractivity contribution in [2.75, 3.05) is 32.7 Å². The highest BCUT2D eigenvalue weighted by Gasteiger charge is 2.26. The molecule has 112 valence electrons. The van der Waals surface area contributed by atoms with E-state index in [1.54, 1.807) is 0 Å². The zero-order chi connectivity index (χ0) is 14.6. The van der Waals surface area contributed by atoms with Gasteiger partial charge in [-0.05, 0) is 17.0 Å². The standard InChI is InChI=1S/C16H27N3O/c1-16(2,3)15(20)13-19-9-7-18(8-10-19)12-14-5-4-6-17-11-14/h4-6,11,15,20H,7-10,12-13H2,1-3H3. The van der Waals surface area contributed by atoms with E-state index in [1.165, 1.54) is 5.56 Å². The Kier molecular flexibility index (Phi) is 5.13. The summed E-state index contributed by atoms with van der Waals surface area (Å²) in [6.07, 6.45) is 3.50. The molecule has 0 spiro atoms. The Balaban J connectivity index is 1.75. The lowest BCUT2D eigenvalue weighted by atomic mass is 9.89. The summed E-state index contributed by atoms with van der Waals surface area (Å²) in [6.45, 7) is 12.2. The molecule has 0 radical (unpaired) electrons. The quantitative estimate of drug-likeness (QED) is 0.907. The normalized spacial score (nSPS) is 20.0. The van der Waals surface area contributed by atoms with Crippen molar-refractivity contribution in [1.29, 1.82) is 0 Å². The molecule has 0 bridgehead atoms. The predicted octanol–water partition coefficient (Wildman–Crippen LogP) is 1.61. The second-order valence-corrected chi connectivity index (χ2v) is 6.82. The molecule has 1 aromatic rings. The van der Waals surface area contributed by atoms with Gasteiger partial charge in [-0.3, -0.25) is 14.8 Å². The number of hydrogen-bond acceptors (Lipinski definition) is 4. The molecular formula is C16H27N3O. The zero-order valence-corrected chi connectivity index (χ0v) is 12.9. The van der Waals surface area contributed by atoms with E-state index in [4.69, 9.17) is 0 Å². The molecule has 1 N–H and O–H groups in total. The number of nitrogens with zero attached hydrogens (tertiary/aromatic N) is 3. The topological polar surface area (TPSA) is 39.6 Å². The molecule has 1 saturated heterocycles. The van der Waals surface area contributed by atoms with Gasteiger partial charge in [0.15, 0.2) is 0 Å². The molecule has 0 aromatic carbocycles. The van der Waals surface area contributed by atoms with Crippen LogP contribution in [0.2, 0.25) is 0 Å². The van der Waals surface area contributed by atoms with Crippen LogP contribution in [0.1, 0.15) is 26.3 Å². The van der Waals surface area contributed by atoms with Crippen LogP contribution < -0.4 is 0 Å². The fourth-order valence-corrected chi connectivity index (χ4v) is 2.40. The Bertz CT molecular complexity index is 394. The van der Waals surface area contributed by atoms with Crippen molar-refractivity contribution in [3.05, 3.63) is 30.1 Å². The van der Waals surface area contributed by atoms with Gasteiger partial charge in [0.2, 0.25) is 0 Å². The fraction of sp³-hybridized carbons (Fsp3) is 0.688. The van der Waals surface area contributed by atoms with E-state index in [9.17, 15) is 5.11 Å². The van der Waals surface area contributed by atoms with Crippen molar-refractivity contribution < 1.29 is 5.11 Å². The monoisotopic (exact) mass is 277 g/mol. The maximum absolute atomic E-state index is 10.2. The van der Waals surface area contributed by atoms with Gasteiger partial charge in [-0.1, -0.05) is 26.8 Å². The molecule has 0 amide bonds. The molecule has 2 rings (SSSR count). The van der Waals surface area contributed by atoms with E-state index in [1.807, 2.05) is 18.5 Å². The lowest BCUT2D eigenvalue weighted by Gasteiger charge is -2.38. The first kappa shape index (κ1) is 15.4. The SMILES string of the molecule is CC(C)(C)C(O)CN1CCN(Cc2cccnc2)CC1. The fourth-order valence-electron chi connectivity index (χ4n) is 2.40. The van der Waals surface area contributed by atoms with Crippen molar-refractivity contribution in [3.63, 3.8) is 0 Å². The predicted molar refractivity (Wildman–Crippen MR) is 81.4 cm³/mol. The number of pyridine rings is 1. The summed E-state index contributed by atoms with van der Waals surface area (Å²) in [4.78, 5) is 8.99. The van der Waals surface area contributed by atoms with Crippen LogP contribution in [0, 0.1) is 5.41 Å². The molecule has 4 nitrogen and oxygen atoms in total. The van der Waals surface area contributed by atoms with E-state index in [-0.39, 0.29) is 11.5 Å². The highest BCUT2D eigenvalue weighted by molar-refractivity contribution is 5.08. The van der Waals surface area contributed by atoms with E-state index in [0.29, 0.717) is 0 Å². The largest absolute Gasteiger partial charge is 0.391 e. The summed E-state index contributed by atoms with van der Waals surface area (Å²) >= 11 is 0. The number of aliphatic hydroxyl groups is 1. The van der Waals surface area contributed by atoms with Gasteiger partial charge in [0.25, 0.3) is 0 Å². The summed E-state index contributed by atoms with van der Waals surface area (Å²) in [7, 11) is 0. The second-order valence-electron chi connectivity index (χ2n) is 6.82. The van der Waals surface area contributed by atoms with Crippen LogP contribution in [0.15, 0.2) is 24.5 Å². The molecule has 4 heteroatoms. The number of hydrogen-bond donors (Lipinski definition) is 1.